The van der Waals surface area contributed by atoms with E-state index < -0.39 is 12.1 Å². The molecule has 0 spiro atoms. The van der Waals surface area contributed by atoms with Crippen molar-refractivity contribution in [3.05, 3.63) is 29.8 Å². The maximum atomic E-state index is 12.2. The Balaban J connectivity index is 0.000000765. The molecule has 146 valence electrons. The van der Waals surface area contributed by atoms with Gasteiger partial charge in [-0.15, -0.1) is 0 Å². The summed E-state index contributed by atoms with van der Waals surface area (Å²) in [7, 11) is 0. The van der Waals surface area contributed by atoms with Crippen LogP contribution in [0.5, 0.6) is 5.75 Å². The Labute approximate surface area is 154 Å². The maximum absolute atomic E-state index is 12.2. The summed E-state index contributed by atoms with van der Waals surface area (Å²) >= 11 is 0. The first kappa shape index (κ1) is 21.9. The van der Waals surface area contributed by atoms with Crippen LogP contribution in [-0.2, 0) is 16.1 Å². The van der Waals surface area contributed by atoms with E-state index in [1.165, 1.54) is 0 Å². The predicted molar refractivity (Wildman–Crippen MR) is 98.7 cm³/mol. The van der Waals surface area contributed by atoms with Crippen molar-refractivity contribution in [3.63, 3.8) is 0 Å². The lowest BCUT2D eigenvalue weighted by molar-refractivity contribution is -0.134. The number of carboxylic acid groups (broad SMARTS) is 1. The number of nitrogens with two attached hydrogens (primary N) is 1. The van der Waals surface area contributed by atoms with Gasteiger partial charge in [0, 0.05) is 31.0 Å². The molecule has 3 atom stereocenters. The molecule has 1 aromatic carbocycles. The number of aliphatic hydroxyl groups excluding tert-OH is 1. The van der Waals surface area contributed by atoms with Crippen LogP contribution < -0.4 is 15.8 Å². The SMILES string of the molecule is CC(=O)O.CCCOc1ccccc1CNC(=O)[C@H]1CC[C@H](N)[C@@H](O)C1. The number of rotatable bonds is 6. The van der Waals surface area contributed by atoms with E-state index in [0.717, 1.165) is 31.1 Å². The minimum Gasteiger partial charge on any atom is -0.493 e. The average molecular weight is 366 g/mol. The molecule has 1 amide bonds. The smallest absolute Gasteiger partial charge is 0.300 e. The first-order valence-electron chi connectivity index (χ1n) is 8.96. The molecule has 26 heavy (non-hydrogen) atoms. The molecule has 1 fully saturated rings. The van der Waals surface area contributed by atoms with Crippen molar-refractivity contribution < 1.29 is 24.5 Å². The largest absolute Gasteiger partial charge is 0.493 e. The molecule has 1 aromatic rings. The quantitative estimate of drug-likeness (QED) is 0.607. The third-order valence-electron chi connectivity index (χ3n) is 4.13. The highest BCUT2D eigenvalue weighted by Crippen LogP contribution is 2.24. The third kappa shape index (κ3) is 7.84. The molecular weight excluding hydrogens is 336 g/mol. The maximum Gasteiger partial charge on any atom is 0.300 e. The molecule has 5 N–H and O–H groups in total. The summed E-state index contributed by atoms with van der Waals surface area (Å²) in [6.07, 6.45) is 2.24. The Morgan fingerprint density at radius 3 is 2.58 bits per heavy atom. The molecule has 0 heterocycles. The van der Waals surface area contributed by atoms with E-state index in [0.29, 0.717) is 26.0 Å². The number of carboxylic acids is 1. The summed E-state index contributed by atoms with van der Waals surface area (Å²) in [5.41, 5.74) is 6.74. The van der Waals surface area contributed by atoms with Gasteiger partial charge in [-0.1, -0.05) is 25.1 Å². The molecule has 1 aliphatic carbocycles. The fraction of sp³-hybridized carbons (Fsp3) is 0.579. The van der Waals surface area contributed by atoms with Crippen molar-refractivity contribution in [2.75, 3.05) is 6.61 Å². The molecule has 0 saturated heterocycles. The Hall–Kier alpha value is -2.12. The monoisotopic (exact) mass is 366 g/mol. The highest BCUT2D eigenvalue weighted by molar-refractivity contribution is 5.78. The summed E-state index contributed by atoms with van der Waals surface area (Å²) in [4.78, 5) is 21.2. The Morgan fingerprint density at radius 2 is 1.96 bits per heavy atom. The number of hydrogen-bond acceptors (Lipinski definition) is 5. The van der Waals surface area contributed by atoms with Crippen molar-refractivity contribution >= 4 is 11.9 Å². The normalized spacial score (nSPS) is 21.9. The van der Waals surface area contributed by atoms with Gasteiger partial charge in [0.2, 0.25) is 5.91 Å². The van der Waals surface area contributed by atoms with E-state index in [9.17, 15) is 9.90 Å². The van der Waals surface area contributed by atoms with Crippen LogP contribution in [0.25, 0.3) is 0 Å². The highest BCUT2D eigenvalue weighted by Gasteiger charge is 2.30. The molecule has 0 aliphatic heterocycles. The summed E-state index contributed by atoms with van der Waals surface area (Å²) in [6, 6.07) is 7.53. The number of amides is 1. The number of carbonyl (C=O) groups excluding carboxylic acids is 1. The lowest BCUT2D eigenvalue weighted by Crippen LogP contribution is -2.44. The molecule has 0 unspecified atom stereocenters. The molecule has 1 aliphatic rings. The number of carbonyl (C=O) groups is 2. The molecular formula is C19H30N2O5. The summed E-state index contributed by atoms with van der Waals surface area (Å²) in [5, 5.41) is 20.2. The molecule has 0 aromatic heterocycles. The minimum atomic E-state index is -0.833. The van der Waals surface area contributed by atoms with Crippen LogP contribution in [0.2, 0.25) is 0 Å². The summed E-state index contributed by atoms with van der Waals surface area (Å²) in [5.74, 6) is -0.190. The van der Waals surface area contributed by atoms with Crippen LogP contribution in [0.4, 0.5) is 0 Å². The molecule has 1 saturated carbocycles. The molecule has 0 radical (unpaired) electrons. The van der Waals surface area contributed by atoms with Gasteiger partial charge in [-0.05, 0) is 31.7 Å². The van der Waals surface area contributed by atoms with Crippen molar-refractivity contribution in [3.8, 4) is 5.75 Å². The van der Waals surface area contributed by atoms with Crippen molar-refractivity contribution in [2.45, 2.75) is 58.2 Å². The van der Waals surface area contributed by atoms with E-state index in [2.05, 4.69) is 12.2 Å². The van der Waals surface area contributed by atoms with Gasteiger partial charge in [0.15, 0.2) is 0 Å². The number of nitrogens with one attached hydrogen (secondary N) is 1. The lowest BCUT2D eigenvalue weighted by Gasteiger charge is -2.30. The standard InChI is InChI=1S/C17H26N2O3.C2H4O2/c1-2-9-22-16-6-4-3-5-13(16)11-19-17(21)12-7-8-14(18)15(20)10-12;1-2(3)4/h3-6,12,14-15,20H,2,7-11,18H2,1H3,(H,19,21);1H3,(H,3,4)/t12-,14-,15-;/m0./s1. The third-order valence-corrected chi connectivity index (χ3v) is 4.13. The molecule has 7 nitrogen and oxygen atoms in total. The van der Waals surface area contributed by atoms with Crippen LogP contribution in [-0.4, -0.2) is 40.8 Å². The zero-order chi connectivity index (χ0) is 19.5. The van der Waals surface area contributed by atoms with Crippen LogP contribution in [0.15, 0.2) is 24.3 Å². The van der Waals surface area contributed by atoms with Crippen LogP contribution in [0.3, 0.4) is 0 Å². The second-order valence-corrected chi connectivity index (χ2v) is 6.43. The van der Waals surface area contributed by atoms with Gasteiger partial charge in [0.05, 0.1) is 12.7 Å². The first-order chi connectivity index (χ1) is 12.3. The van der Waals surface area contributed by atoms with Crippen molar-refractivity contribution in [1.29, 1.82) is 0 Å². The Bertz CT molecular complexity index is 575. The van der Waals surface area contributed by atoms with Crippen LogP contribution in [0, 0.1) is 5.92 Å². The van der Waals surface area contributed by atoms with Gasteiger partial charge in [0.1, 0.15) is 5.75 Å². The van der Waals surface area contributed by atoms with Gasteiger partial charge in [-0.25, -0.2) is 0 Å². The summed E-state index contributed by atoms with van der Waals surface area (Å²) in [6.45, 7) is 4.25. The second-order valence-electron chi connectivity index (χ2n) is 6.43. The van der Waals surface area contributed by atoms with Gasteiger partial charge in [-0.2, -0.15) is 0 Å². The molecule has 0 bridgehead atoms. The van der Waals surface area contributed by atoms with Crippen molar-refractivity contribution in [2.24, 2.45) is 11.7 Å². The minimum absolute atomic E-state index is 0.0174. The zero-order valence-corrected chi connectivity index (χ0v) is 15.5. The van der Waals surface area contributed by atoms with Gasteiger partial charge in [0.25, 0.3) is 5.97 Å². The van der Waals surface area contributed by atoms with E-state index in [4.69, 9.17) is 20.4 Å². The Morgan fingerprint density at radius 1 is 1.31 bits per heavy atom. The first-order valence-corrected chi connectivity index (χ1v) is 8.96. The average Bonchev–Trinajstić information content (AvgIpc) is 2.60. The van der Waals surface area contributed by atoms with Crippen LogP contribution >= 0.6 is 0 Å². The fourth-order valence-electron chi connectivity index (χ4n) is 2.74. The number of aliphatic carboxylic acids is 1. The van der Waals surface area contributed by atoms with Crippen LogP contribution in [0.1, 0.15) is 45.1 Å². The van der Waals surface area contributed by atoms with E-state index in [1.807, 2.05) is 24.3 Å². The number of ether oxygens (including phenoxy) is 1. The zero-order valence-electron chi connectivity index (χ0n) is 15.5. The van der Waals surface area contributed by atoms with Gasteiger partial charge < -0.3 is 26.0 Å². The number of aliphatic hydroxyl groups is 1. The van der Waals surface area contributed by atoms with E-state index in [-0.39, 0.29) is 17.9 Å². The van der Waals surface area contributed by atoms with E-state index in [1.54, 1.807) is 0 Å². The second kappa shape index (κ2) is 11.5. The predicted octanol–water partition coefficient (Wildman–Crippen LogP) is 1.67. The topological polar surface area (TPSA) is 122 Å². The number of para-hydroxylation sites is 1. The number of hydrogen-bond donors (Lipinski definition) is 4. The summed E-state index contributed by atoms with van der Waals surface area (Å²) < 4.78 is 5.69. The van der Waals surface area contributed by atoms with Gasteiger partial charge in [-0.3, -0.25) is 9.59 Å². The number of benzene rings is 1. The van der Waals surface area contributed by atoms with Gasteiger partial charge >= 0.3 is 0 Å². The molecule has 2 rings (SSSR count). The van der Waals surface area contributed by atoms with E-state index >= 15 is 0 Å². The fourth-order valence-corrected chi connectivity index (χ4v) is 2.74. The molecule has 7 heteroatoms. The highest BCUT2D eigenvalue weighted by atomic mass is 16.5. The lowest BCUT2D eigenvalue weighted by atomic mass is 9.84. The Kier molecular flexibility index (Phi) is 9.69. The van der Waals surface area contributed by atoms with Crippen molar-refractivity contribution in [1.82, 2.24) is 5.32 Å².